The molecule has 6 nitrogen and oxygen atoms in total. The predicted octanol–water partition coefficient (Wildman–Crippen LogP) is 1.41. The van der Waals surface area contributed by atoms with Crippen molar-refractivity contribution in [3.63, 3.8) is 0 Å². The molecule has 0 unspecified atom stereocenters. The van der Waals surface area contributed by atoms with Crippen LogP contribution in [0, 0.1) is 5.82 Å². The maximum Gasteiger partial charge on any atom is 0.272 e. The molecule has 7 heteroatoms. The third-order valence-corrected chi connectivity index (χ3v) is 3.11. The number of nitrogens with one attached hydrogen (secondary N) is 3. The van der Waals surface area contributed by atoms with Crippen molar-refractivity contribution >= 4 is 17.7 Å². The minimum absolute atomic E-state index is 0.0316. The Morgan fingerprint density at radius 2 is 1.50 bits per heavy atom. The van der Waals surface area contributed by atoms with E-state index >= 15 is 0 Å². The molecule has 2 aromatic rings. The minimum Gasteiger partial charge on any atom is -0.352 e. The number of hydrazine groups is 1. The predicted molar refractivity (Wildman–Crippen MR) is 85.4 cm³/mol. The Bertz CT molecular complexity index is 735. The van der Waals surface area contributed by atoms with Crippen LogP contribution in [0.5, 0.6) is 0 Å². The van der Waals surface area contributed by atoms with Gasteiger partial charge in [0.1, 0.15) is 5.82 Å². The first-order chi connectivity index (χ1) is 11.6. The van der Waals surface area contributed by atoms with Crippen molar-refractivity contribution in [2.24, 2.45) is 0 Å². The Labute approximate surface area is 138 Å². The monoisotopic (exact) mass is 329 g/mol. The molecule has 124 valence electrons. The summed E-state index contributed by atoms with van der Waals surface area (Å²) in [6.07, 6.45) is -0.0316. The number of amides is 3. The molecule has 0 saturated heterocycles. The highest BCUT2D eigenvalue weighted by Crippen LogP contribution is 2.05. The summed E-state index contributed by atoms with van der Waals surface area (Å²) in [5.74, 6) is -2.24. The third-order valence-electron chi connectivity index (χ3n) is 3.11. The summed E-state index contributed by atoms with van der Waals surface area (Å²) in [6, 6.07) is 14.0. The van der Waals surface area contributed by atoms with E-state index in [9.17, 15) is 18.8 Å². The highest BCUT2D eigenvalue weighted by Gasteiger charge is 2.11. The molecular formula is C17H16FN3O3. The molecule has 24 heavy (non-hydrogen) atoms. The van der Waals surface area contributed by atoms with Gasteiger partial charge in [-0.05, 0) is 24.3 Å². The van der Waals surface area contributed by atoms with E-state index < -0.39 is 17.6 Å². The van der Waals surface area contributed by atoms with Gasteiger partial charge in [0.15, 0.2) is 0 Å². The van der Waals surface area contributed by atoms with Gasteiger partial charge in [-0.1, -0.05) is 30.3 Å². The second-order valence-corrected chi connectivity index (χ2v) is 4.85. The van der Waals surface area contributed by atoms with Gasteiger partial charge in [0.05, 0.1) is 5.56 Å². The normalized spacial score (nSPS) is 9.88. The van der Waals surface area contributed by atoms with Crippen LogP contribution < -0.4 is 16.2 Å². The quantitative estimate of drug-likeness (QED) is 0.725. The fourth-order valence-electron chi connectivity index (χ4n) is 1.88. The molecule has 0 aliphatic heterocycles. The molecule has 0 aliphatic carbocycles. The van der Waals surface area contributed by atoms with Gasteiger partial charge in [0.25, 0.3) is 11.8 Å². The van der Waals surface area contributed by atoms with Crippen LogP contribution in [-0.4, -0.2) is 24.3 Å². The van der Waals surface area contributed by atoms with Crippen molar-refractivity contribution in [3.8, 4) is 0 Å². The van der Waals surface area contributed by atoms with Crippen molar-refractivity contribution < 1.29 is 18.8 Å². The summed E-state index contributed by atoms with van der Waals surface area (Å²) in [5.41, 5.74) is 4.60. The standard InChI is InChI=1S/C17H16FN3O3/c18-14-9-5-4-8-13(14)17(24)21-20-15(22)10-11-19-16(23)12-6-2-1-3-7-12/h1-9H,10-11H2,(H,19,23)(H,20,22)(H,21,24). The Morgan fingerprint density at radius 3 is 2.21 bits per heavy atom. The van der Waals surface area contributed by atoms with Crippen LogP contribution in [0.25, 0.3) is 0 Å². The second kappa shape index (κ2) is 8.42. The van der Waals surface area contributed by atoms with Gasteiger partial charge in [-0.2, -0.15) is 0 Å². The first kappa shape index (κ1) is 17.1. The molecule has 0 radical (unpaired) electrons. The van der Waals surface area contributed by atoms with E-state index in [0.717, 1.165) is 6.07 Å². The lowest BCUT2D eigenvalue weighted by Gasteiger charge is -2.08. The van der Waals surface area contributed by atoms with E-state index in [4.69, 9.17) is 0 Å². The van der Waals surface area contributed by atoms with E-state index in [2.05, 4.69) is 16.2 Å². The lowest BCUT2D eigenvalue weighted by Crippen LogP contribution is -2.43. The number of halogens is 1. The number of rotatable bonds is 5. The molecule has 2 rings (SSSR count). The minimum atomic E-state index is -0.755. The molecule has 0 aliphatic rings. The molecule has 0 bridgehead atoms. The van der Waals surface area contributed by atoms with Gasteiger partial charge >= 0.3 is 0 Å². The summed E-state index contributed by atoms with van der Waals surface area (Å²) >= 11 is 0. The average molecular weight is 329 g/mol. The number of hydrogen-bond acceptors (Lipinski definition) is 3. The van der Waals surface area contributed by atoms with Crippen molar-refractivity contribution in [3.05, 3.63) is 71.5 Å². The molecule has 3 N–H and O–H groups in total. The van der Waals surface area contributed by atoms with Gasteiger partial charge in [-0.15, -0.1) is 0 Å². The topological polar surface area (TPSA) is 87.3 Å². The van der Waals surface area contributed by atoms with E-state index in [1.807, 2.05) is 0 Å². The fourth-order valence-corrected chi connectivity index (χ4v) is 1.88. The highest BCUT2D eigenvalue weighted by molar-refractivity contribution is 5.96. The largest absolute Gasteiger partial charge is 0.352 e. The summed E-state index contributed by atoms with van der Waals surface area (Å²) in [4.78, 5) is 35.1. The SMILES string of the molecule is O=C(CCNC(=O)c1ccccc1)NNC(=O)c1ccccc1F. The zero-order valence-electron chi connectivity index (χ0n) is 12.7. The molecule has 3 amide bonds. The highest BCUT2D eigenvalue weighted by atomic mass is 19.1. The van der Waals surface area contributed by atoms with Crippen LogP contribution >= 0.6 is 0 Å². The number of carbonyl (C=O) groups is 3. The van der Waals surface area contributed by atoms with Crippen LogP contribution in [-0.2, 0) is 4.79 Å². The Balaban J connectivity index is 1.71. The molecule has 0 saturated carbocycles. The molecule has 0 heterocycles. The van der Waals surface area contributed by atoms with E-state index in [-0.39, 0.29) is 24.4 Å². The van der Waals surface area contributed by atoms with Crippen molar-refractivity contribution in [2.45, 2.75) is 6.42 Å². The summed E-state index contributed by atoms with van der Waals surface area (Å²) < 4.78 is 13.4. The number of carbonyl (C=O) groups excluding carboxylic acids is 3. The molecule has 0 fully saturated rings. The molecular weight excluding hydrogens is 313 g/mol. The summed E-state index contributed by atoms with van der Waals surface area (Å²) in [5, 5.41) is 2.59. The first-order valence-corrected chi connectivity index (χ1v) is 7.25. The van der Waals surface area contributed by atoms with Gasteiger partial charge < -0.3 is 5.32 Å². The van der Waals surface area contributed by atoms with Crippen molar-refractivity contribution in [1.82, 2.24) is 16.2 Å². The average Bonchev–Trinajstić information content (AvgIpc) is 2.60. The smallest absolute Gasteiger partial charge is 0.272 e. The van der Waals surface area contributed by atoms with Gasteiger partial charge in [0, 0.05) is 18.5 Å². The van der Waals surface area contributed by atoms with E-state index in [0.29, 0.717) is 5.56 Å². The van der Waals surface area contributed by atoms with Crippen LogP contribution in [0.1, 0.15) is 27.1 Å². The van der Waals surface area contributed by atoms with Gasteiger partial charge in [-0.25, -0.2) is 4.39 Å². The second-order valence-electron chi connectivity index (χ2n) is 4.85. The van der Waals surface area contributed by atoms with Crippen LogP contribution in [0.2, 0.25) is 0 Å². The van der Waals surface area contributed by atoms with Crippen molar-refractivity contribution in [2.75, 3.05) is 6.54 Å². The van der Waals surface area contributed by atoms with Crippen molar-refractivity contribution in [1.29, 1.82) is 0 Å². The maximum absolute atomic E-state index is 13.4. The zero-order chi connectivity index (χ0) is 17.4. The number of benzene rings is 2. The molecule has 0 aromatic heterocycles. The molecule has 0 atom stereocenters. The summed E-state index contributed by atoms with van der Waals surface area (Å²) in [6.45, 7) is 0.106. The first-order valence-electron chi connectivity index (χ1n) is 7.25. The van der Waals surface area contributed by atoms with Crippen LogP contribution in [0.3, 0.4) is 0 Å². The van der Waals surface area contributed by atoms with Gasteiger partial charge in [0.2, 0.25) is 5.91 Å². The Kier molecular flexibility index (Phi) is 6.01. The molecule has 0 spiro atoms. The Morgan fingerprint density at radius 1 is 0.833 bits per heavy atom. The van der Waals surface area contributed by atoms with Crippen LogP contribution in [0.4, 0.5) is 4.39 Å². The lowest BCUT2D eigenvalue weighted by atomic mass is 10.2. The number of hydrogen-bond donors (Lipinski definition) is 3. The maximum atomic E-state index is 13.4. The zero-order valence-corrected chi connectivity index (χ0v) is 12.7. The van der Waals surface area contributed by atoms with E-state index in [1.54, 1.807) is 30.3 Å². The fraction of sp³-hybridized carbons (Fsp3) is 0.118. The van der Waals surface area contributed by atoms with E-state index in [1.165, 1.54) is 18.2 Å². The third kappa shape index (κ3) is 4.91. The van der Waals surface area contributed by atoms with Crippen LogP contribution in [0.15, 0.2) is 54.6 Å². The Hall–Kier alpha value is -3.22. The summed E-state index contributed by atoms with van der Waals surface area (Å²) in [7, 11) is 0. The van der Waals surface area contributed by atoms with Gasteiger partial charge in [-0.3, -0.25) is 25.2 Å². The molecule has 2 aromatic carbocycles. The lowest BCUT2D eigenvalue weighted by molar-refractivity contribution is -0.121.